The van der Waals surface area contributed by atoms with Gasteiger partial charge >= 0.3 is 0 Å². The first-order valence-corrected chi connectivity index (χ1v) is 8.58. The fourth-order valence-corrected chi connectivity index (χ4v) is 3.81. The minimum absolute atomic E-state index is 0.238. The van der Waals surface area contributed by atoms with E-state index >= 15 is 0 Å². The molecule has 0 saturated carbocycles. The van der Waals surface area contributed by atoms with Gasteiger partial charge < -0.3 is 9.47 Å². The summed E-state index contributed by atoms with van der Waals surface area (Å²) in [5.74, 6) is 0.671. The van der Waals surface area contributed by atoms with E-state index in [2.05, 4.69) is 41.9 Å². The predicted octanol–water partition coefficient (Wildman–Crippen LogP) is 3.74. The summed E-state index contributed by atoms with van der Waals surface area (Å²) < 4.78 is 2.28. The second-order valence-corrected chi connectivity index (χ2v) is 6.67. The standard InChI is InChI=1S/C21H22N2O/c1-22-19-10-6-5-9-17(19)14-20(22)18-11-12-23(15-18)21(24)13-16-7-3-2-4-8-16/h2-10,14,18H,11-13,15H2,1H3. The largest absolute Gasteiger partial charge is 0.347 e. The van der Waals surface area contributed by atoms with Gasteiger partial charge in [0.05, 0.1) is 6.42 Å². The molecular formula is C21H22N2O. The van der Waals surface area contributed by atoms with Crippen molar-refractivity contribution in [2.75, 3.05) is 13.1 Å². The molecule has 1 saturated heterocycles. The van der Waals surface area contributed by atoms with Crippen LogP contribution in [-0.4, -0.2) is 28.5 Å². The molecule has 3 aromatic rings. The molecule has 122 valence electrons. The summed E-state index contributed by atoms with van der Waals surface area (Å²) in [7, 11) is 2.13. The number of para-hydroxylation sites is 1. The second-order valence-electron chi connectivity index (χ2n) is 6.67. The van der Waals surface area contributed by atoms with Crippen LogP contribution in [0.3, 0.4) is 0 Å². The highest BCUT2D eigenvalue weighted by atomic mass is 16.2. The first-order valence-electron chi connectivity index (χ1n) is 8.58. The molecule has 4 rings (SSSR count). The molecule has 0 bridgehead atoms. The fraction of sp³-hybridized carbons (Fsp3) is 0.286. The summed E-state index contributed by atoms with van der Waals surface area (Å²) in [6.07, 6.45) is 1.55. The van der Waals surface area contributed by atoms with E-state index in [9.17, 15) is 4.79 Å². The molecule has 1 aliphatic rings. The van der Waals surface area contributed by atoms with Crippen LogP contribution < -0.4 is 0 Å². The van der Waals surface area contributed by atoms with E-state index in [-0.39, 0.29) is 5.91 Å². The first-order chi connectivity index (χ1) is 11.7. The van der Waals surface area contributed by atoms with Crippen LogP contribution >= 0.6 is 0 Å². The lowest BCUT2D eigenvalue weighted by Crippen LogP contribution is -2.30. The van der Waals surface area contributed by atoms with E-state index < -0.39 is 0 Å². The molecule has 1 amide bonds. The number of benzene rings is 2. The van der Waals surface area contributed by atoms with Gasteiger partial charge in [0, 0.05) is 37.3 Å². The molecule has 3 nitrogen and oxygen atoms in total. The molecular weight excluding hydrogens is 296 g/mol. The Balaban J connectivity index is 1.49. The third-order valence-electron chi connectivity index (χ3n) is 5.15. The van der Waals surface area contributed by atoms with Gasteiger partial charge in [0.1, 0.15) is 0 Å². The van der Waals surface area contributed by atoms with E-state index in [0.717, 1.165) is 25.1 Å². The second kappa shape index (κ2) is 6.16. The zero-order chi connectivity index (χ0) is 16.5. The van der Waals surface area contributed by atoms with Crippen molar-refractivity contribution in [3.05, 3.63) is 71.9 Å². The Labute approximate surface area is 142 Å². The highest BCUT2D eigenvalue weighted by Crippen LogP contribution is 2.31. The SMILES string of the molecule is Cn1c(C2CCN(C(=O)Cc3ccccc3)C2)cc2ccccc21. The molecule has 1 aromatic heterocycles. The third kappa shape index (κ3) is 2.71. The number of hydrogen-bond acceptors (Lipinski definition) is 1. The van der Waals surface area contributed by atoms with Crippen LogP contribution in [0.25, 0.3) is 10.9 Å². The van der Waals surface area contributed by atoms with Gasteiger partial charge in [0.25, 0.3) is 0 Å². The van der Waals surface area contributed by atoms with E-state index in [0.29, 0.717) is 12.3 Å². The molecule has 24 heavy (non-hydrogen) atoms. The van der Waals surface area contributed by atoms with Gasteiger partial charge in [-0.2, -0.15) is 0 Å². The van der Waals surface area contributed by atoms with Crippen molar-refractivity contribution in [1.82, 2.24) is 9.47 Å². The normalized spacial score (nSPS) is 17.5. The Morgan fingerprint density at radius 2 is 1.83 bits per heavy atom. The minimum Gasteiger partial charge on any atom is -0.347 e. The lowest BCUT2D eigenvalue weighted by Gasteiger charge is -2.17. The molecule has 0 aliphatic carbocycles. The number of nitrogens with zero attached hydrogens (tertiary/aromatic N) is 2. The molecule has 2 aromatic carbocycles. The Bertz CT molecular complexity index is 866. The van der Waals surface area contributed by atoms with Gasteiger partial charge in [-0.25, -0.2) is 0 Å². The molecule has 1 atom stereocenters. The van der Waals surface area contributed by atoms with Crippen LogP contribution in [0.1, 0.15) is 23.6 Å². The summed E-state index contributed by atoms with van der Waals surface area (Å²) >= 11 is 0. The summed E-state index contributed by atoms with van der Waals surface area (Å²) in [6, 6.07) is 20.8. The number of hydrogen-bond donors (Lipinski definition) is 0. The molecule has 0 spiro atoms. The molecule has 2 heterocycles. The van der Waals surface area contributed by atoms with Crippen LogP contribution in [0, 0.1) is 0 Å². The van der Waals surface area contributed by atoms with E-state index in [1.165, 1.54) is 16.6 Å². The number of aryl methyl sites for hydroxylation is 1. The summed E-state index contributed by atoms with van der Waals surface area (Å²) in [6.45, 7) is 1.69. The number of amides is 1. The first kappa shape index (κ1) is 15.0. The quantitative estimate of drug-likeness (QED) is 0.722. The van der Waals surface area contributed by atoms with Gasteiger partial charge in [-0.1, -0.05) is 48.5 Å². The van der Waals surface area contributed by atoms with Crippen molar-refractivity contribution in [1.29, 1.82) is 0 Å². The lowest BCUT2D eigenvalue weighted by molar-refractivity contribution is -0.129. The topological polar surface area (TPSA) is 25.2 Å². The number of aromatic nitrogens is 1. The average Bonchev–Trinajstić information content (AvgIpc) is 3.21. The fourth-order valence-electron chi connectivity index (χ4n) is 3.81. The number of carbonyl (C=O) groups is 1. The predicted molar refractivity (Wildman–Crippen MR) is 97.0 cm³/mol. The zero-order valence-electron chi connectivity index (χ0n) is 14.0. The van der Waals surface area contributed by atoms with Gasteiger partial charge in [-0.05, 0) is 29.5 Å². The van der Waals surface area contributed by atoms with Crippen LogP contribution in [0.15, 0.2) is 60.7 Å². The molecule has 1 aliphatic heterocycles. The van der Waals surface area contributed by atoms with Crippen LogP contribution in [0.2, 0.25) is 0 Å². The monoisotopic (exact) mass is 318 g/mol. The van der Waals surface area contributed by atoms with Gasteiger partial charge in [0.2, 0.25) is 5.91 Å². The molecule has 1 fully saturated rings. The highest BCUT2D eigenvalue weighted by Gasteiger charge is 2.29. The average molecular weight is 318 g/mol. The van der Waals surface area contributed by atoms with Crippen molar-refractivity contribution in [2.24, 2.45) is 7.05 Å². The summed E-state index contributed by atoms with van der Waals surface area (Å²) in [4.78, 5) is 14.6. The maximum atomic E-state index is 12.6. The van der Waals surface area contributed by atoms with Crippen LogP contribution in [0.5, 0.6) is 0 Å². The third-order valence-corrected chi connectivity index (χ3v) is 5.15. The van der Waals surface area contributed by atoms with E-state index in [4.69, 9.17) is 0 Å². The van der Waals surface area contributed by atoms with Gasteiger partial charge in [-0.15, -0.1) is 0 Å². The van der Waals surface area contributed by atoms with Crippen LogP contribution in [-0.2, 0) is 18.3 Å². The minimum atomic E-state index is 0.238. The van der Waals surface area contributed by atoms with Gasteiger partial charge in [0.15, 0.2) is 0 Å². The van der Waals surface area contributed by atoms with Crippen molar-refractivity contribution >= 4 is 16.8 Å². The molecule has 0 N–H and O–H groups in total. The Kier molecular flexibility index (Phi) is 3.85. The number of fused-ring (bicyclic) bond motifs is 1. The summed E-state index contributed by atoms with van der Waals surface area (Å²) in [5.41, 5.74) is 3.70. The maximum absolute atomic E-state index is 12.6. The summed E-state index contributed by atoms with van der Waals surface area (Å²) in [5, 5.41) is 1.28. The smallest absolute Gasteiger partial charge is 0.227 e. The highest BCUT2D eigenvalue weighted by molar-refractivity contribution is 5.82. The van der Waals surface area contributed by atoms with E-state index in [1.807, 2.05) is 35.2 Å². The van der Waals surface area contributed by atoms with Crippen LogP contribution in [0.4, 0.5) is 0 Å². The molecule has 1 unspecified atom stereocenters. The Morgan fingerprint density at radius 1 is 1.08 bits per heavy atom. The van der Waals surface area contributed by atoms with Crippen molar-refractivity contribution < 1.29 is 4.79 Å². The van der Waals surface area contributed by atoms with Gasteiger partial charge in [-0.3, -0.25) is 4.79 Å². The Hall–Kier alpha value is -2.55. The van der Waals surface area contributed by atoms with Crippen molar-refractivity contribution in [3.63, 3.8) is 0 Å². The lowest BCUT2D eigenvalue weighted by atomic mass is 10.0. The van der Waals surface area contributed by atoms with Crippen molar-refractivity contribution in [2.45, 2.75) is 18.8 Å². The van der Waals surface area contributed by atoms with Crippen molar-refractivity contribution in [3.8, 4) is 0 Å². The number of carbonyl (C=O) groups excluding carboxylic acids is 1. The Morgan fingerprint density at radius 3 is 2.62 bits per heavy atom. The maximum Gasteiger partial charge on any atom is 0.227 e. The zero-order valence-corrected chi connectivity index (χ0v) is 14.0. The molecule has 0 radical (unpaired) electrons. The number of rotatable bonds is 3. The van der Waals surface area contributed by atoms with E-state index in [1.54, 1.807) is 0 Å². The molecule has 3 heteroatoms. The number of likely N-dealkylation sites (tertiary alicyclic amines) is 1.